The van der Waals surface area contributed by atoms with Gasteiger partial charge in [0.25, 0.3) is 0 Å². The highest BCUT2D eigenvalue weighted by Crippen LogP contribution is 2.49. The van der Waals surface area contributed by atoms with Crippen LogP contribution < -0.4 is 5.32 Å². The predicted octanol–water partition coefficient (Wildman–Crippen LogP) is 3.72. The Bertz CT molecular complexity index is 333. The van der Waals surface area contributed by atoms with E-state index in [-0.39, 0.29) is 0 Å². The Kier molecular flexibility index (Phi) is 2.86. The standard InChI is InChI=1S/C15H20N/c1-2-4-15(5-3-1)16-9-8-14-11-12-6-7-13(14)10-12/h1-4,12-14,16H,6-11H2. The summed E-state index contributed by atoms with van der Waals surface area (Å²) in [6, 6.07) is 11.4. The van der Waals surface area contributed by atoms with Crippen molar-refractivity contribution in [3.05, 3.63) is 30.3 Å². The Morgan fingerprint density at radius 1 is 1.25 bits per heavy atom. The van der Waals surface area contributed by atoms with Crippen LogP contribution in [0.25, 0.3) is 0 Å². The van der Waals surface area contributed by atoms with Gasteiger partial charge in [0.15, 0.2) is 0 Å². The molecule has 1 aromatic carbocycles. The zero-order valence-electron chi connectivity index (χ0n) is 9.78. The van der Waals surface area contributed by atoms with Crippen LogP contribution in [0.5, 0.6) is 0 Å². The van der Waals surface area contributed by atoms with Crippen LogP contribution in [-0.2, 0) is 0 Å². The second-order valence-corrected chi connectivity index (χ2v) is 5.43. The zero-order valence-corrected chi connectivity index (χ0v) is 9.78. The molecule has 0 aromatic heterocycles. The topological polar surface area (TPSA) is 12.0 Å². The molecule has 1 radical (unpaired) electrons. The lowest BCUT2D eigenvalue weighted by Crippen LogP contribution is -2.15. The van der Waals surface area contributed by atoms with Gasteiger partial charge in [-0.15, -0.1) is 0 Å². The highest BCUT2D eigenvalue weighted by molar-refractivity contribution is 5.40. The summed E-state index contributed by atoms with van der Waals surface area (Å²) in [5.74, 6) is 3.15. The van der Waals surface area contributed by atoms with Crippen LogP contribution >= 0.6 is 0 Å². The maximum Gasteiger partial charge on any atom is 0.0420 e. The lowest BCUT2D eigenvalue weighted by molar-refractivity contribution is 0.321. The molecular weight excluding hydrogens is 194 g/mol. The summed E-state index contributed by atoms with van der Waals surface area (Å²) in [7, 11) is 0. The van der Waals surface area contributed by atoms with Crippen LogP contribution in [0.15, 0.2) is 24.3 Å². The van der Waals surface area contributed by atoms with Gasteiger partial charge in [-0.05, 0) is 49.5 Å². The van der Waals surface area contributed by atoms with E-state index in [1.165, 1.54) is 32.1 Å². The normalized spacial score (nSPS) is 31.9. The van der Waals surface area contributed by atoms with Gasteiger partial charge in [0, 0.05) is 18.3 Å². The third-order valence-electron chi connectivity index (χ3n) is 4.42. The summed E-state index contributed by atoms with van der Waals surface area (Å²) in [6.45, 7) is 1.12. The van der Waals surface area contributed by atoms with Gasteiger partial charge >= 0.3 is 0 Å². The van der Waals surface area contributed by atoms with E-state index in [1.807, 2.05) is 12.1 Å². The number of anilines is 1. The van der Waals surface area contributed by atoms with Gasteiger partial charge in [0.2, 0.25) is 0 Å². The average Bonchev–Trinajstić information content (AvgIpc) is 2.92. The van der Waals surface area contributed by atoms with Crippen molar-refractivity contribution in [2.24, 2.45) is 17.8 Å². The lowest BCUT2D eigenvalue weighted by atomic mass is 9.86. The minimum atomic E-state index is 1.01. The molecule has 2 aliphatic rings. The molecular formula is C15H20N. The van der Waals surface area contributed by atoms with Gasteiger partial charge in [0.1, 0.15) is 0 Å². The van der Waals surface area contributed by atoms with Gasteiger partial charge in [-0.2, -0.15) is 0 Å². The summed E-state index contributed by atoms with van der Waals surface area (Å²) in [5.41, 5.74) is 1.14. The monoisotopic (exact) mass is 214 g/mol. The maximum absolute atomic E-state index is 3.48. The minimum absolute atomic E-state index is 1.01. The quantitative estimate of drug-likeness (QED) is 0.805. The fraction of sp³-hybridized carbons (Fsp3) is 0.600. The van der Waals surface area contributed by atoms with Crippen molar-refractivity contribution < 1.29 is 0 Å². The predicted molar refractivity (Wildman–Crippen MR) is 67.3 cm³/mol. The Balaban J connectivity index is 1.44. The lowest BCUT2D eigenvalue weighted by Gasteiger charge is -2.21. The van der Waals surface area contributed by atoms with Crippen molar-refractivity contribution in [3.8, 4) is 0 Å². The Labute approximate surface area is 98.3 Å². The molecule has 1 heteroatoms. The molecule has 3 rings (SSSR count). The molecule has 3 atom stereocenters. The van der Waals surface area contributed by atoms with E-state index < -0.39 is 0 Å². The number of rotatable bonds is 4. The zero-order chi connectivity index (χ0) is 10.8. The van der Waals surface area contributed by atoms with E-state index >= 15 is 0 Å². The van der Waals surface area contributed by atoms with Crippen LogP contribution in [0, 0.1) is 23.8 Å². The number of hydrogen-bond donors (Lipinski definition) is 1. The minimum Gasteiger partial charge on any atom is -0.385 e. The molecule has 2 aliphatic carbocycles. The third-order valence-corrected chi connectivity index (χ3v) is 4.42. The van der Waals surface area contributed by atoms with Crippen molar-refractivity contribution in [2.75, 3.05) is 11.9 Å². The fourth-order valence-electron chi connectivity index (χ4n) is 3.63. The molecule has 2 bridgehead atoms. The van der Waals surface area contributed by atoms with Crippen molar-refractivity contribution in [1.29, 1.82) is 0 Å². The second kappa shape index (κ2) is 4.48. The molecule has 1 N–H and O–H groups in total. The molecule has 85 valence electrons. The first-order valence-corrected chi connectivity index (χ1v) is 6.62. The van der Waals surface area contributed by atoms with E-state index in [2.05, 4.69) is 23.5 Å². The first-order chi connectivity index (χ1) is 7.92. The molecule has 0 heterocycles. The summed E-state index contributed by atoms with van der Waals surface area (Å²) >= 11 is 0. The summed E-state index contributed by atoms with van der Waals surface area (Å²) < 4.78 is 0. The van der Waals surface area contributed by atoms with Gasteiger partial charge in [-0.3, -0.25) is 0 Å². The van der Waals surface area contributed by atoms with Crippen molar-refractivity contribution >= 4 is 5.69 Å². The highest BCUT2D eigenvalue weighted by atomic mass is 14.9. The molecule has 1 aromatic rings. The van der Waals surface area contributed by atoms with Gasteiger partial charge in [-0.1, -0.05) is 24.6 Å². The number of para-hydroxylation sites is 1. The molecule has 2 fully saturated rings. The maximum atomic E-state index is 3.48. The summed E-state index contributed by atoms with van der Waals surface area (Å²) in [5, 5.41) is 3.48. The van der Waals surface area contributed by atoms with Crippen LogP contribution in [-0.4, -0.2) is 6.54 Å². The number of benzene rings is 1. The van der Waals surface area contributed by atoms with Gasteiger partial charge in [0.05, 0.1) is 0 Å². The van der Waals surface area contributed by atoms with Crippen molar-refractivity contribution in [2.45, 2.75) is 32.1 Å². The molecule has 1 nitrogen and oxygen atoms in total. The summed E-state index contributed by atoms with van der Waals surface area (Å²) in [6.07, 6.45) is 7.41. The number of nitrogens with one attached hydrogen (secondary N) is 1. The van der Waals surface area contributed by atoms with Crippen LogP contribution in [0.3, 0.4) is 0 Å². The summed E-state index contributed by atoms with van der Waals surface area (Å²) in [4.78, 5) is 0. The van der Waals surface area contributed by atoms with Crippen LogP contribution in [0.2, 0.25) is 0 Å². The molecule has 0 saturated heterocycles. The Morgan fingerprint density at radius 3 is 2.94 bits per heavy atom. The van der Waals surface area contributed by atoms with Crippen LogP contribution in [0.4, 0.5) is 5.69 Å². The Morgan fingerprint density at radius 2 is 2.25 bits per heavy atom. The van der Waals surface area contributed by atoms with E-state index in [9.17, 15) is 0 Å². The molecule has 16 heavy (non-hydrogen) atoms. The van der Waals surface area contributed by atoms with E-state index in [0.29, 0.717) is 0 Å². The largest absolute Gasteiger partial charge is 0.385 e. The fourth-order valence-corrected chi connectivity index (χ4v) is 3.63. The first kappa shape index (κ1) is 10.2. The Hall–Kier alpha value is -0.980. The van der Waals surface area contributed by atoms with Gasteiger partial charge < -0.3 is 5.32 Å². The average molecular weight is 214 g/mol. The molecule has 3 unspecified atom stereocenters. The number of hydrogen-bond acceptors (Lipinski definition) is 1. The smallest absolute Gasteiger partial charge is 0.0420 e. The van der Waals surface area contributed by atoms with E-state index in [4.69, 9.17) is 0 Å². The first-order valence-electron chi connectivity index (χ1n) is 6.62. The van der Waals surface area contributed by atoms with Crippen molar-refractivity contribution in [3.63, 3.8) is 0 Å². The van der Waals surface area contributed by atoms with E-state index in [0.717, 1.165) is 30.0 Å². The van der Waals surface area contributed by atoms with Gasteiger partial charge in [-0.25, -0.2) is 0 Å². The SMILES string of the molecule is [c]1ccccc1NCCC1CC2CCC1C2. The molecule has 0 aliphatic heterocycles. The van der Waals surface area contributed by atoms with E-state index in [1.54, 1.807) is 0 Å². The second-order valence-electron chi connectivity index (χ2n) is 5.43. The molecule has 0 amide bonds. The van der Waals surface area contributed by atoms with Crippen molar-refractivity contribution in [1.82, 2.24) is 0 Å². The van der Waals surface area contributed by atoms with Crippen LogP contribution in [0.1, 0.15) is 32.1 Å². The third kappa shape index (κ3) is 2.09. The molecule has 2 saturated carbocycles. The highest BCUT2D eigenvalue weighted by Gasteiger charge is 2.38. The number of fused-ring (bicyclic) bond motifs is 2. The molecule has 0 spiro atoms.